The van der Waals surface area contributed by atoms with Gasteiger partial charge in [-0.05, 0) is 42.5 Å². The van der Waals surface area contributed by atoms with Crippen molar-refractivity contribution in [2.75, 3.05) is 30.4 Å². The first kappa shape index (κ1) is 24.9. The highest BCUT2D eigenvalue weighted by molar-refractivity contribution is 7.92. The predicted molar refractivity (Wildman–Crippen MR) is 121 cm³/mol. The Morgan fingerprint density at radius 2 is 1.59 bits per heavy atom. The number of nitrogens with one attached hydrogen (secondary N) is 1. The summed E-state index contributed by atoms with van der Waals surface area (Å²) in [7, 11) is -1.52. The average Bonchev–Trinajstić information content (AvgIpc) is 2.82. The van der Waals surface area contributed by atoms with Crippen molar-refractivity contribution in [1.29, 1.82) is 0 Å². The van der Waals surface area contributed by atoms with Gasteiger partial charge in [-0.2, -0.15) is 13.2 Å². The number of hydrogen-bond acceptors (Lipinski definition) is 5. The molecule has 3 rings (SSSR count). The van der Waals surface area contributed by atoms with E-state index in [1.54, 1.807) is 18.2 Å². The Balaban J connectivity index is 1.94. The van der Waals surface area contributed by atoms with Crippen LogP contribution in [-0.4, -0.2) is 35.1 Å². The third kappa shape index (κ3) is 5.60. The fourth-order valence-corrected chi connectivity index (χ4v) is 4.55. The molecule has 0 aromatic heterocycles. The Bertz CT molecular complexity index is 1270. The summed E-state index contributed by atoms with van der Waals surface area (Å²) in [5.74, 6) is -0.341. The van der Waals surface area contributed by atoms with Crippen molar-refractivity contribution >= 4 is 27.3 Å². The van der Waals surface area contributed by atoms with Gasteiger partial charge in [0.05, 0.1) is 30.4 Å². The molecule has 11 heteroatoms. The first-order valence-corrected chi connectivity index (χ1v) is 11.3. The molecule has 180 valence electrons. The Labute approximate surface area is 194 Å². The van der Waals surface area contributed by atoms with Gasteiger partial charge in [0.2, 0.25) is 5.91 Å². The number of anilines is 2. The number of para-hydroxylation sites is 1. The van der Waals surface area contributed by atoms with Crippen LogP contribution in [0.25, 0.3) is 0 Å². The molecule has 0 radical (unpaired) electrons. The van der Waals surface area contributed by atoms with Crippen LogP contribution >= 0.6 is 0 Å². The van der Waals surface area contributed by atoms with E-state index in [1.807, 2.05) is 0 Å². The topological polar surface area (TPSA) is 84.9 Å². The van der Waals surface area contributed by atoms with Crippen LogP contribution < -0.4 is 19.1 Å². The van der Waals surface area contributed by atoms with Gasteiger partial charge in [0.15, 0.2) is 11.5 Å². The van der Waals surface area contributed by atoms with E-state index in [0.29, 0.717) is 5.75 Å². The summed E-state index contributed by atoms with van der Waals surface area (Å²) in [6.45, 7) is -0.684. The molecular weight excluding hydrogens is 473 g/mol. The van der Waals surface area contributed by atoms with E-state index in [1.165, 1.54) is 50.6 Å². The van der Waals surface area contributed by atoms with E-state index < -0.39 is 34.2 Å². The van der Waals surface area contributed by atoms with Crippen LogP contribution in [0.15, 0.2) is 77.7 Å². The van der Waals surface area contributed by atoms with E-state index in [0.717, 1.165) is 22.5 Å². The molecule has 34 heavy (non-hydrogen) atoms. The molecule has 0 aliphatic carbocycles. The molecule has 0 atom stereocenters. The van der Waals surface area contributed by atoms with Gasteiger partial charge in [-0.3, -0.25) is 9.10 Å². The minimum atomic E-state index is -4.59. The molecule has 0 heterocycles. The molecule has 0 unspecified atom stereocenters. The molecule has 0 saturated carbocycles. The van der Waals surface area contributed by atoms with Crippen molar-refractivity contribution in [3.63, 3.8) is 0 Å². The predicted octanol–water partition coefficient (Wildman–Crippen LogP) is 4.56. The van der Waals surface area contributed by atoms with E-state index in [-0.39, 0.29) is 22.0 Å². The first-order chi connectivity index (χ1) is 16.1. The van der Waals surface area contributed by atoms with E-state index in [9.17, 15) is 26.4 Å². The van der Waals surface area contributed by atoms with Crippen LogP contribution in [0.5, 0.6) is 11.5 Å². The highest BCUT2D eigenvalue weighted by Crippen LogP contribution is 2.33. The summed E-state index contributed by atoms with van der Waals surface area (Å²) in [5.41, 5.74) is -0.865. The minimum Gasteiger partial charge on any atom is -0.493 e. The van der Waals surface area contributed by atoms with Crippen LogP contribution in [0.2, 0.25) is 0 Å². The van der Waals surface area contributed by atoms with Crippen LogP contribution in [0.1, 0.15) is 5.56 Å². The quantitative estimate of drug-likeness (QED) is 0.497. The number of amides is 1. The smallest absolute Gasteiger partial charge is 0.416 e. The number of halogens is 3. The second kappa shape index (κ2) is 10.0. The zero-order chi connectivity index (χ0) is 24.9. The van der Waals surface area contributed by atoms with Crippen LogP contribution in [0.4, 0.5) is 24.5 Å². The third-order valence-corrected chi connectivity index (χ3v) is 6.52. The van der Waals surface area contributed by atoms with Crippen molar-refractivity contribution in [3.8, 4) is 11.5 Å². The maximum atomic E-state index is 13.5. The van der Waals surface area contributed by atoms with Gasteiger partial charge in [0, 0.05) is 11.8 Å². The van der Waals surface area contributed by atoms with Crippen LogP contribution in [0.3, 0.4) is 0 Å². The Kier molecular flexibility index (Phi) is 7.35. The number of hydrogen-bond donors (Lipinski definition) is 1. The summed E-state index contributed by atoms with van der Waals surface area (Å²) in [6, 6.07) is 15.9. The zero-order valence-corrected chi connectivity index (χ0v) is 19.0. The lowest BCUT2D eigenvalue weighted by atomic mass is 10.2. The van der Waals surface area contributed by atoms with Crippen LogP contribution in [0, 0.1) is 0 Å². The van der Waals surface area contributed by atoms with Gasteiger partial charge in [-0.15, -0.1) is 0 Å². The number of sulfonamides is 1. The van der Waals surface area contributed by atoms with Crippen molar-refractivity contribution in [2.45, 2.75) is 11.1 Å². The standard InChI is InChI=1S/C23H21F3N2O5S/c1-32-20-12-11-19(14-21(20)33-2)34(30,31)28(18-9-4-3-5-10-18)15-22(29)27-17-8-6-7-16(13-17)23(24,25)26/h3-14H,15H2,1-2H3,(H,27,29). The lowest BCUT2D eigenvalue weighted by Gasteiger charge is -2.24. The second-order valence-electron chi connectivity index (χ2n) is 6.99. The number of nitrogens with zero attached hydrogens (tertiary/aromatic N) is 1. The third-order valence-electron chi connectivity index (χ3n) is 4.75. The Hall–Kier alpha value is -3.73. The van der Waals surface area contributed by atoms with Crippen LogP contribution in [-0.2, 0) is 21.0 Å². The molecular formula is C23H21F3N2O5S. The highest BCUT2D eigenvalue weighted by atomic mass is 32.2. The number of carbonyl (C=O) groups is 1. The Morgan fingerprint density at radius 1 is 0.912 bits per heavy atom. The minimum absolute atomic E-state index is 0.114. The van der Waals surface area contributed by atoms with Gasteiger partial charge < -0.3 is 14.8 Å². The number of ether oxygens (including phenoxy) is 2. The summed E-state index contributed by atoms with van der Waals surface area (Å²) in [4.78, 5) is 12.5. The molecule has 3 aromatic rings. The second-order valence-corrected chi connectivity index (χ2v) is 8.85. The summed E-state index contributed by atoms with van der Waals surface area (Å²) in [6.07, 6.45) is -4.59. The van der Waals surface area contributed by atoms with Crippen molar-refractivity contribution < 1.29 is 35.9 Å². The van der Waals surface area contributed by atoms with Crippen molar-refractivity contribution in [3.05, 3.63) is 78.4 Å². The molecule has 0 saturated heterocycles. The van der Waals surface area contributed by atoms with Crippen molar-refractivity contribution in [1.82, 2.24) is 0 Å². The number of rotatable bonds is 8. The fraction of sp³-hybridized carbons (Fsp3) is 0.174. The lowest BCUT2D eigenvalue weighted by Crippen LogP contribution is -2.38. The molecule has 7 nitrogen and oxygen atoms in total. The van der Waals surface area contributed by atoms with Gasteiger partial charge >= 0.3 is 6.18 Å². The maximum absolute atomic E-state index is 13.5. The van der Waals surface area contributed by atoms with E-state index in [4.69, 9.17) is 9.47 Å². The van der Waals surface area contributed by atoms with Crippen molar-refractivity contribution in [2.24, 2.45) is 0 Å². The molecule has 3 aromatic carbocycles. The molecule has 1 N–H and O–H groups in total. The number of benzene rings is 3. The Morgan fingerprint density at radius 3 is 2.21 bits per heavy atom. The van der Waals surface area contributed by atoms with E-state index in [2.05, 4.69) is 5.32 Å². The molecule has 0 fully saturated rings. The lowest BCUT2D eigenvalue weighted by molar-refractivity contribution is -0.137. The van der Waals surface area contributed by atoms with E-state index >= 15 is 0 Å². The molecule has 0 aliphatic rings. The molecule has 0 spiro atoms. The molecule has 0 bridgehead atoms. The SMILES string of the molecule is COc1ccc(S(=O)(=O)N(CC(=O)Nc2cccc(C(F)(F)F)c2)c2ccccc2)cc1OC. The number of methoxy groups -OCH3 is 2. The van der Waals surface area contributed by atoms with Gasteiger partial charge in [-0.25, -0.2) is 8.42 Å². The first-order valence-electron chi connectivity index (χ1n) is 9.83. The monoisotopic (exact) mass is 494 g/mol. The van der Waals surface area contributed by atoms with Gasteiger partial charge in [0.25, 0.3) is 10.0 Å². The average molecular weight is 494 g/mol. The number of carbonyl (C=O) groups excluding carboxylic acids is 1. The summed E-state index contributed by atoms with van der Waals surface area (Å²) < 4.78 is 77.1. The fourth-order valence-electron chi connectivity index (χ4n) is 3.12. The largest absolute Gasteiger partial charge is 0.493 e. The van der Waals surface area contributed by atoms with Gasteiger partial charge in [0.1, 0.15) is 6.54 Å². The molecule has 0 aliphatic heterocycles. The summed E-state index contributed by atoms with van der Waals surface area (Å²) in [5, 5.41) is 2.33. The number of alkyl halides is 3. The van der Waals surface area contributed by atoms with Gasteiger partial charge in [-0.1, -0.05) is 24.3 Å². The maximum Gasteiger partial charge on any atom is 0.416 e. The normalized spacial score (nSPS) is 11.6. The zero-order valence-electron chi connectivity index (χ0n) is 18.2. The molecule has 1 amide bonds. The highest BCUT2D eigenvalue weighted by Gasteiger charge is 2.31. The summed E-state index contributed by atoms with van der Waals surface area (Å²) >= 11 is 0.